The molecule has 2 nitrogen and oxygen atoms in total. The van der Waals surface area contributed by atoms with Gasteiger partial charge in [0.15, 0.2) is 0 Å². The van der Waals surface area contributed by atoms with Crippen molar-refractivity contribution in [3.63, 3.8) is 0 Å². The van der Waals surface area contributed by atoms with Gasteiger partial charge in [-0.2, -0.15) is 0 Å². The molecule has 1 aliphatic rings. The van der Waals surface area contributed by atoms with Crippen LogP contribution in [0.25, 0.3) is 0 Å². The Labute approximate surface area is 102 Å². The van der Waals surface area contributed by atoms with Gasteiger partial charge in [-0.1, -0.05) is 6.42 Å². The van der Waals surface area contributed by atoms with Gasteiger partial charge in [-0.3, -0.25) is 0 Å². The smallest absolute Gasteiger partial charge is 0.00991 e. The van der Waals surface area contributed by atoms with Gasteiger partial charge in [0.2, 0.25) is 0 Å². The lowest BCUT2D eigenvalue weighted by molar-refractivity contribution is 0.230. The first-order valence-electron chi connectivity index (χ1n) is 6.71. The molecular weight excluding hydrogens is 196 g/mol. The van der Waals surface area contributed by atoms with Gasteiger partial charge in [0.1, 0.15) is 0 Å². The molecular formula is C14H30N2. The van der Waals surface area contributed by atoms with E-state index in [2.05, 4.69) is 52.2 Å². The number of rotatable bonds is 2. The summed E-state index contributed by atoms with van der Waals surface area (Å²) in [5, 5.41) is 7.47. The highest BCUT2D eigenvalue weighted by atomic mass is 15.0. The zero-order valence-electron chi connectivity index (χ0n) is 12.0. The van der Waals surface area contributed by atoms with E-state index in [9.17, 15) is 0 Å². The van der Waals surface area contributed by atoms with Crippen LogP contribution in [0, 0.1) is 0 Å². The highest BCUT2D eigenvalue weighted by Crippen LogP contribution is 2.22. The van der Waals surface area contributed by atoms with E-state index in [1.54, 1.807) is 0 Å². The number of hydrogen-bond donors (Lipinski definition) is 2. The van der Waals surface area contributed by atoms with Crippen molar-refractivity contribution < 1.29 is 0 Å². The summed E-state index contributed by atoms with van der Waals surface area (Å²) in [5.74, 6) is 0. The fourth-order valence-corrected chi connectivity index (χ4v) is 2.68. The van der Waals surface area contributed by atoms with E-state index in [-0.39, 0.29) is 11.1 Å². The molecule has 0 aliphatic heterocycles. The van der Waals surface area contributed by atoms with E-state index in [4.69, 9.17) is 0 Å². The molecule has 0 aromatic heterocycles. The van der Waals surface area contributed by atoms with E-state index < -0.39 is 0 Å². The normalized spacial score (nSPS) is 28.1. The molecule has 1 saturated carbocycles. The van der Waals surface area contributed by atoms with E-state index in [1.165, 1.54) is 25.7 Å². The van der Waals surface area contributed by atoms with Crippen LogP contribution < -0.4 is 10.6 Å². The van der Waals surface area contributed by atoms with E-state index in [0.717, 1.165) is 0 Å². The number of hydrogen-bond acceptors (Lipinski definition) is 2. The van der Waals surface area contributed by atoms with Crippen LogP contribution in [-0.2, 0) is 0 Å². The van der Waals surface area contributed by atoms with E-state index in [1.807, 2.05) is 0 Å². The monoisotopic (exact) mass is 226 g/mol. The minimum atomic E-state index is 0.244. The molecule has 0 spiro atoms. The molecule has 2 heteroatoms. The summed E-state index contributed by atoms with van der Waals surface area (Å²) in [6.45, 7) is 13.5. The Morgan fingerprint density at radius 2 is 1.12 bits per heavy atom. The van der Waals surface area contributed by atoms with Crippen molar-refractivity contribution in [3.05, 3.63) is 0 Å². The standard InChI is InChI=1S/C14H30N2/c1-13(2,3)15-11-8-7-9-12(10-11)16-14(4,5)6/h11-12,15-16H,7-10H2,1-6H3. The first-order chi connectivity index (χ1) is 7.16. The molecule has 0 aromatic rings. The largest absolute Gasteiger partial charge is 0.309 e. The van der Waals surface area contributed by atoms with Crippen LogP contribution in [0.4, 0.5) is 0 Å². The first-order valence-corrected chi connectivity index (χ1v) is 6.71. The van der Waals surface area contributed by atoms with Crippen LogP contribution >= 0.6 is 0 Å². The summed E-state index contributed by atoms with van der Waals surface area (Å²) in [7, 11) is 0. The van der Waals surface area contributed by atoms with Gasteiger partial charge in [-0.15, -0.1) is 0 Å². The molecule has 0 saturated heterocycles. The Morgan fingerprint density at radius 3 is 1.44 bits per heavy atom. The van der Waals surface area contributed by atoms with Gasteiger partial charge < -0.3 is 10.6 Å². The van der Waals surface area contributed by atoms with Gasteiger partial charge >= 0.3 is 0 Å². The Morgan fingerprint density at radius 1 is 0.750 bits per heavy atom. The Kier molecular flexibility index (Phi) is 4.42. The summed E-state index contributed by atoms with van der Waals surface area (Å²) in [4.78, 5) is 0. The maximum absolute atomic E-state index is 3.73. The Hall–Kier alpha value is -0.0800. The van der Waals surface area contributed by atoms with Crippen LogP contribution in [-0.4, -0.2) is 23.2 Å². The second-order valence-corrected chi connectivity index (χ2v) is 7.35. The maximum Gasteiger partial charge on any atom is 0.00991 e. The molecule has 2 N–H and O–H groups in total. The van der Waals surface area contributed by atoms with Crippen molar-refractivity contribution in [1.29, 1.82) is 0 Å². The minimum absolute atomic E-state index is 0.244. The molecule has 16 heavy (non-hydrogen) atoms. The third-order valence-electron chi connectivity index (χ3n) is 2.95. The van der Waals surface area contributed by atoms with Crippen molar-refractivity contribution in [2.45, 2.75) is 90.4 Å². The minimum Gasteiger partial charge on any atom is -0.309 e. The van der Waals surface area contributed by atoms with E-state index in [0.29, 0.717) is 12.1 Å². The van der Waals surface area contributed by atoms with Crippen molar-refractivity contribution in [1.82, 2.24) is 10.6 Å². The summed E-state index contributed by atoms with van der Waals surface area (Å²) in [6.07, 6.45) is 5.29. The van der Waals surface area contributed by atoms with Gasteiger partial charge in [0.25, 0.3) is 0 Å². The van der Waals surface area contributed by atoms with Gasteiger partial charge in [0, 0.05) is 23.2 Å². The van der Waals surface area contributed by atoms with Crippen LogP contribution in [0.5, 0.6) is 0 Å². The molecule has 1 rings (SSSR count). The lowest BCUT2D eigenvalue weighted by atomic mass is 9.88. The third kappa shape index (κ3) is 5.86. The second kappa shape index (κ2) is 5.05. The van der Waals surface area contributed by atoms with Crippen molar-refractivity contribution >= 4 is 0 Å². The molecule has 0 radical (unpaired) electrons. The Bertz CT molecular complexity index is 188. The average molecular weight is 226 g/mol. The van der Waals surface area contributed by atoms with Crippen LogP contribution in [0.15, 0.2) is 0 Å². The summed E-state index contributed by atoms with van der Waals surface area (Å²) in [6, 6.07) is 1.38. The lowest BCUT2D eigenvalue weighted by Crippen LogP contribution is -2.52. The zero-order valence-corrected chi connectivity index (χ0v) is 12.0. The second-order valence-electron chi connectivity index (χ2n) is 7.35. The fourth-order valence-electron chi connectivity index (χ4n) is 2.68. The van der Waals surface area contributed by atoms with Gasteiger partial charge in [-0.05, 0) is 60.8 Å². The lowest BCUT2D eigenvalue weighted by Gasteiger charge is -2.38. The molecule has 1 aliphatic carbocycles. The van der Waals surface area contributed by atoms with Gasteiger partial charge in [0.05, 0.1) is 0 Å². The predicted molar refractivity (Wildman–Crippen MR) is 71.8 cm³/mol. The molecule has 0 amide bonds. The molecule has 2 unspecified atom stereocenters. The van der Waals surface area contributed by atoms with Gasteiger partial charge in [-0.25, -0.2) is 0 Å². The Balaban J connectivity index is 2.41. The van der Waals surface area contributed by atoms with Crippen molar-refractivity contribution in [2.75, 3.05) is 0 Å². The summed E-state index contributed by atoms with van der Waals surface area (Å²) in [5.41, 5.74) is 0.489. The van der Waals surface area contributed by atoms with Crippen LogP contribution in [0.2, 0.25) is 0 Å². The quantitative estimate of drug-likeness (QED) is 0.756. The summed E-state index contributed by atoms with van der Waals surface area (Å²) < 4.78 is 0. The molecule has 0 bridgehead atoms. The number of nitrogens with one attached hydrogen (secondary N) is 2. The van der Waals surface area contributed by atoms with E-state index >= 15 is 0 Å². The predicted octanol–water partition coefficient (Wildman–Crippen LogP) is 3.07. The van der Waals surface area contributed by atoms with Crippen molar-refractivity contribution in [3.8, 4) is 0 Å². The average Bonchev–Trinajstić information content (AvgIpc) is 1.96. The van der Waals surface area contributed by atoms with Crippen LogP contribution in [0.1, 0.15) is 67.2 Å². The first kappa shape index (κ1) is 14.0. The van der Waals surface area contributed by atoms with Crippen LogP contribution in [0.3, 0.4) is 0 Å². The zero-order chi connectivity index (χ0) is 12.4. The molecule has 96 valence electrons. The SMILES string of the molecule is CC(C)(C)NC1CCCC(NC(C)(C)C)C1. The van der Waals surface area contributed by atoms with Crippen molar-refractivity contribution in [2.24, 2.45) is 0 Å². The fraction of sp³-hybridized carbons (Fsp3) is 1.00. The molecule has 0 aromatic carbocycles. The molecule has 1 fully saturated rings. The third-order valence-corrected chi connectivity index (χ3v) is 2.95. The molecule has 0 heterocycles. The highest BCUT2D eigenvalue weighted by molar-refractivity contribution is 4.88. The molecule has 2 atom stereocenters. The highest BCUT2D eigenvalue weighted by Gasteiger charge is 2.27. The summed E-state index contributed by atoms with van der Waals surface area (Å²) >= 11 is 0. The maximum atomic E-state index is 3.73. The topological polar surface area (TPSA) is 24.1 Å².